The fourth-order valence-electron chi connectivity index (χ4n) is 4.44. The van der Waals surface area contributed by atoms with Crippen molar-refractivity contribution in [3.63, 3.8) is 0 Å². The zero-order chi connectivity index (χ0) is 19.8. The fraction of sp³-hybridized carbons (Fsp3) is 0.545. The number of aryl methyl sites for hydroxylation is 2. The average molecular weight is 383 g/mol. The maximum absolute atomic E-state index is 12.8. The monoisotopic (exact) mass is 383 g/mol. The largest absolute Gasteiger partial charge is 0.493 e. The lowest BCUT2D eigenvalue weighted by Gasteiger charge is -2.38. The Morgan fingerprint density at radius 2 is 2.18 bits per heavy atom. The molecule has 0 radical (unpaired) electrons. The number of aliphatic hydroxyl groups excluding tert-OH is 1. The Hall–Kier alpha value is -2.34. The molecule has 1 unspecified atom stereocenters. The Morgan fingerprint density at radius 1 is 1.39 bits per heavy atom. The highest BCUT2D eigenvalue weighted by atomic mass is 16.5. The van der Waals surface area contributed by atoms with Gasteiger partial charge in [0.15, 0.2) is 0 Å². The van der Waals surface area contributed by atoms with Gasteiger partial charge in [-0.3, -0.25) is 9.48 Å². The molecule has 150 valence electrons. The van der Waals surface area contributed by atoms with Crippen LogP contribution in [0.2, 0.25) is 0 Å². The van der Waals surface area contributed by atoms with E-state index in [9.17, 15) is 9.90 Å². The van der Waals surface area contributed by atoms with E-state index in [1.165, 1.54) is 5.56 Å². The summed E-state index contributed by atoms with van der Waals surface area (Å²) in [5.41, 5.74) is 5.58. The molecule has 1 atom stereocenters. The number of hydrogen-bond donors (Lipinski definition) is 2. The lowest BCUT2D eigenvalue weighted by molar-refractivity contribution is -0.123. The van der Waals surface area contributed by atoms with Crippen molar-refractivity contribution in [2.24, 2.45) is 13.0 Å². The average Bonchev–Trinajstić information content (AvgIpc) is 3.20. The second-order valence-corrected chi connectivity index (χ2v) is 8.17. The predicted molar refractivity (Wildman–Crippen MR) is 106 cm³/mol. The number of carbonyl (C=O) groups excluding carboxylic acids is 1. The first kappa shape index (κ1) is 19.0. The van der Waals surface area contributed by atoms with Crippen LogP contribution in [0.5, 0.6) is 5.75 Å². The first-order valence-electron chi connectivity index (χ1n) is 10.1. The van der Waals surface area contributed by atoms with Gasteiger partial charge in [-0.15, -0.1) is 0 Å². The molecule has 1 aromatic carbocycles. The van der Waals surface area contributed by atoms with E-state index < -0.39 is 0 Å². The van der Waals surface area contributed by atoms with E-state index in [1.807, 2.05) is 31.6 Å². The summed E-state index contributed by atoms with van der Waals surface area (Å²) < 4.78 is 7.48. The van der Waals surface area contributed by atoms with Gasteiger partial charge >= 0.3 is 0 Å². The van der Waals surface area contributed by atoms with E-state index in [1.54, 1.807) is 0 Å². The highest BCUT2D eigenvalue weighted by Crippen LogP contribution is 2.39. The summed E-state index contributed by atoms with van der Waals surface area (Å²) >= 11 is 0. The van der Waals surface area contributed by atoms with E-state index in [0.29, 0.717) is 12.8 Å². The molecule has 4 rings (SSSR count). The molecule has 1 aromatic heterocycles. The Labute approximate surface area is 165 Å². The summed E-state index contributed by atoms with van der Waals surface area (Å²) in [7, 11) is 1.93. The van der Waals surface area contributed by atoms with Crippen molar-refractivity contribution in [3.05, 3.63) is 46.3 Å². The minimum atomic E-state index is -0.247. The van der Waals surface area contributed by atoms with Crippen LogP contribution in [0, 0.1) is 19.8 Å². The number of nitrogens with one attached hydrogen (secondary N) is 1. The van der Waals surface area contributed by atoms with E-state index in [0.717, 1.165) is 54.1 Å². The molecule has 1 aliphatic carbocycles. The summed E-state index contributed by atoms with van der Waals surface area (Å²) in [4.78, 5) is 12.8. The zero-order valence-electron chi connectivity index (χ0n) is 16.9. The number of carbonyl (C=O) groups is 1. The highest BCUT2D eigenvalue weighted by molar-refractivity contribution is 5.77. The molecule has 0 saturated heterocycles. The van der Waals surface area contributed by atoms with Crippen molar-refractivity contribution in [1.29, 1.82) is 0 Å². The predicted octanol–water partition coefficient (Wildman–Crippen LogP) is 2.53. The Bertz CT molecular complexity index is 883. The van der Waals surface area contributed by atoms with Gasteiger partial charge in [-0.25, -0.2) is 0 Å². The molecule has 0 bridgehead atoms. The molecule has 0 spiro atoms. The molecular weight excluding hydrogens is 354 g/mol. The van der Waals surface area contributed by atoms with Crippen LogP contribution in [-0.4, -0.2) is 33.5 Å². The van der Waals surface area contributed by atoms with Crippen molar-refractivity contribution in [1.82, 2.24) is 15.1 Å². The maximum Gasteiger partial charge on any atom is 0.220 e. The van der Waals surface area contributed by atoms with Crippen molar-refractivity contribution in [2.75, 3.05) is 6.61 Å². The van der Waals surface area contributed by atoms with Crippen LogP contribution in [0.25, 0.3) is 0 Å². The minimum Gasteiger partial charge on any atom is -0.493 e. The van der Waals surface area contributed by atoms with Gasteiger partial charge in [-0.05, 0) is 67.9 Å². The molecule has 6 heteroatoms. The number of fused-ring (bicyclic) bond motifs is 1. The highest BCUT2D eigenvalue weighted by Gasteiger charge is 2.36. The molecular formula is C22H29N3O3. The third-order valence-corrected chi connectivity index (χ3v) is 6.27. The summed E-state index contributed by atoms with van der Waals surface area (Å²) in [6.07, 6.45) is 3.26. The van der Waals surface area contributed by atoms with Gasteiger partial charge in [-0.2, -0.15) is 5.10 Å². The second-order valence-electron chi connectivity index (χ2n) is 8.17. The van der Waals surface area contributed by atoms with Gasteiger partial charge in [-0.1, -0.05) is 6.07 Å². The van der Waals surface area contributed by atoms with Gasteiger partial charge in [0.25, 0.3) is 0 Å². The quantitative estimate of drug-likeness (QED) is 0.804. The number of aliphatic hydroxyl groups is 1. The SMILES string of the molecule is Cc1nn(C)c(C)c1CCC(=O)NC(c1ccc2c(c1)CCO2)C1CC(O)C1. The normalized spacial score (nSPS) is 21.6. The van der Waals surface area contributed by atoms with Crippen LogP contribution >= 0.6 is 0 Å². The van der Waals surface area contributed by atoms with Crippen LogP contribution in [-0.2, 0) is 24.7 Å². The van der Waals surface area contributed by atoms with Crippen LogP contribution in [0.1, 0.15) is 53.4 Å². The summed E-state index contributed by atoms with van der Waals surface area (Å²) in [6.45, 7) is 4.76. The van der Waals surface area contributed by atoms with Gasteiger partial charge in [0.05, 0.1) is 24.4 Å². The smallest absolute Gasteiger partial charge is 0.220 e. The third kappa shape index (κ3) is 3.65. The Kier molecular flexibility index (Phi) is 5.15. The zero-order valence-corrected chi connectivity index (χ0v) is 16.9. The van der Waals surface area contributed by atoms with Crippen molar-refractivity contribution in [2.45, 2.75) is 58.1 Å². The van der Waals surface area contributed by atoms with Crippen LogP contribution in [0.3, 0.4) is 0 Å². The fourth-order valence-corrected chi connectivity index (χ4v) is 4.44. The van der Waals surface area contributed by atoms with E-state index in [2.05, 4.69) is 22.5 Å². The Morgan fingerprint density at radius 3 is 2.86 bits per heavy atom. The maximum atomic E-state index is 12.8. The number of ether oxygens (including phenoxy) is 1. The van der Waals surface area contributed by atoms with Crippen molar-refractivity contribution < 1.29 is 14.6 Å². The van der Waals surface area contributed by atoms with Gasteiger partial charge in [0, 0.05) is 25.6 Å². The Balaban J connectivity index is 1.46. The van der Waals surface area contributed by atoms with Gasteiger partial charge in [0.1, 0.15) is 5.75 Å². The minimum absolute atomic E-state index is 0.0470. The van der Waals surface area contributed by atoms with E-state index in [4.69, 9.17) is 4.74 Å². The molecule has 1 saturated carbocycles. The van der Waals surface area contributed by atoms with Crippen molar-refractivity contribution in [3.8, 4) is 5.75 Å². The number of benzene rings is 1. The van der Waals surface area contributed by atoms with Crippen LogP contribution in [0.15, 0.2) is 18.2 Å². The third-order valence-electron chi connectivity index (χ3n) is 6.27. The lowest BCUT2D eigenvalue weighted by atomic mass is 9.74. The lowest BCUT2D eigenvalue weighted by Crippen LogP contribution is -2.41. The second kappa shape index (κ2) is 7.59. The summed E-state index contributed by atoms with van der Waals surface area (Å²) in [5.74, 6) is 1.27. The molecule has 6 nitrogen and oxygen atoms in total. The molecule has 2 aromatic rings. The summed E-state index contributed by atoms with van der Waals surface area (Å²) in [6, 6.07) is 6.16. The van der Waals surface area contributed by atoms with Gasteiger partial charge < -0.3 is 15.2 Å². The number of rotatable bonds is 6. The van der Waals surface area contributed by atoms with E-state index in [-0.39, 0.29) is 24.0 Å². The molecule has 2 heterocycles. The number of amides is 1. The standard InChI is InChI=1S/C22H29N3O3/c1-13-19(14(2)25(3)24-13)5-7-21(27)23-22(17-11-18(26)12-17)16-4-6-20-15(10-16)8-9-28-20/h4,6,10,17-18,22,26H,5,7-9,11-12H2,1-3H3,(H,23,27). The molecule has 2 N–H and O–H groups in total. The number of aromatic nitrogens is 2. The van der Waals surface area contributed by atoms with Gasteiger partial charge in [0.2, 0.25) is 5.91 Å². The topological polar surface area (TPSA) is 76.4 Å². The summed E-state index contributed by atoms with van der Waals surface area (Å²) in [5, 5.41) is 17.5. The number of nitrogens with zero attached hydrogens (tertiary/aromatic N) is 2. The first-order chi connectivity index (χ1) is 13.4. The number of hydrogen-bond acceptors (Lipinski definition) is 4. The molecule has 28 heavy (non-hydrogen) atoms. The molecule has 1 amide bonds. The van der Waals surface area contributed by atoms with Crippen LogP contribution in [0.4, 0.5) is 0 Å². The molecule has 1 aliphatic heterocycles. The van der Waals surface area contributed by atoms with E-state index >= 15 is 0 Å². The molecule has 1 fully saturated rings. The molecule has 2 aliphatic rings. The first-order valence-corrected chi connectivity index (χ1v) is 10.1. The van der Waals surface area contributed by atoms with Crippen LogP contribution < -0.4 is 10.1 Å². The van der Waals surface area contributed by atoms with Crippen molar-refractivity contribution >= 4 is 5.91 Å².